The molecule has 1 aromatic rings. The zero-order valence-corrected chi connectivity index (χ0v) is 12.7. The first-order valence-corrected chi connectivity index (χ1v) is 7.24. The molecular weight excluding hydrogens is 254 g/mol. The van der Waals surface area contributed by atoms with Gasteiger partial charge < -0.3 is 15.5 Å². The van der Waals surface area contributed by atoms with Crippen molar-refractivity contribution in [2.24, 2.45) is 0 Å². The van der Waals surface area contributed by atoms with Gasteiger partial charge in [-0.05, 0) is 20.8 Å². The Balaban J connectivity index is 2.43. The summed E-state index contributed by atoms with van der Waals surface area (Å²) in [6, 6.07) is -0.198. The number of nitrogens with one attached hydrogen (secondary N) is 2. The molecule has 6 heteroatoms. The first kappa shape index (κ1) is 14.6. The Labute approximate surface area is 120 Å². The smallest absolute Gasteiger partial charge is 0.242 e. The van der Waals surface area contributed by atoms with E-state index in [-0.39, 0.29) is 11.9 Å². The van der Waals surface area contributed by atoms with Crippen LogP contribution in [0.15, 0.2) is 0 Å². The summed E-state index contributed by atoms with van der Waals surface area (Å²) in [7, 11) is 0. The molecule has 1 fully saturated rings. The van der Waals surface area contributed by atoms with E-state index in [1.54, 1.807) is 0 Å². The number of carbonyl (C=O) groups is 1. The Hall–Kier alpha value is -1.85. The summed E-state index contributed by atoms with van der Waals surface area (Å²) in [5, 5.41) is 6.16. The molecule has 1 aliphatic rings. The van der Waals surface area contributed by atoms with Gasteiger partial charge in [0.15, 0.2) is 0 Å². The third-order valence-corrected chi connectivity index (χ3v) is 3.60. The van der Waals surface area contributed by atoms with Crippen LogP contribution in [0.25, 0.3) is 0 Å². The predicted octanol–water partition coefficient (Wildman–Crippen LogP) is 1.10. The van der Waals surface area contributed by atoms with Gasteiger partial charge in [0, 0.05) is 31.6 Å². The van der Waals surface area contributed by atoms with Crippen molar-refractivity contribution in [3.8, 4) is 0 Å². The van der Waals surface area contributed by atoms with Crippen LogP contribution in [-0.4, -0.2) is 41.6 Å². The van der Waals surface area contributed by atoms with Crippen LogP contribution in [-0.2, 0) is 11.2 Å². The molecule has 1 aliphatic heterocycles. The summed E-state index contributed by atoms with van der Waals surface area (Å²) in [4.78, 5) is 23.1. The fraction of sp³-hybridized carbons (Fsp3) is 0.643. The third-order valence-electron chi connectivity index (χ3n) is 3.60. The van der Waals surface area contributed by atoms with Gasteiger partial charge in [-0.1, -0.05) is 6.92 Å². The molecule has 110 valence electrons. The number of rotatable bonds is 4. The average molecular weight is 277 g/mol. The molecule has 0 aromatic carbocycles. The van der Waals surface area contributed by atoms with Crippen LogP contribution in [0.3, 0.4) is 0 Å². The molecule has 1 saturated heterocycles. The number of anilines is 2. The number of aryl methyl sites for hydroxylation is 1. The van der Waals surface area contributed by atoms with Crippen molar-refractivity contribution >= 4 is 17.5 Å². The van der Waals surface area contributed by atoms with Crippen LogP contribution in [0.4, 0.5) is 11.6 Å². The minimum atomic E-state index is -0.198. The van der Waals surface area contributed by atoms with Crippen molar-refractivity contribution in [2.45, 2.75) is 40.2 Å². The van der Waals surface area contributed by atoms with Crippen LogP contribution in [0.2, 0.25) is 0 Å². The SMILES string of the molecule is CCNc1nc(CC)nc(N2CCNC(=O)C2C)c1C. The molecule has 0 bridgehead atoms. The molecule has 1 amide bonds. The Bertz CT molecular complexity index is 503. The zero-order chi connectivity index (χ0) is 14.7. The molecule has 0 radical (unpaired) electrons. The van der Waals surface area contributed by atoms with E-state index in [2.05, 4.69) is 25.5 Å². The molecular formula is C14H23N5O. The highest BCUT2D eigenvalue weighted by atomic mass is 16.2. The average Bonchev–Trinajstić information content (AvgIpc) is 2.45. The molecule has 1 atom stereocenters. The van der Waals surface area contributed by atoms with Gasteiger partial charge in [-0.25, -0.2) is 9.97 Å². The number of nitrogens with zero attached hydrogens (tertiary/aromatic N) is 3. The molecule has 2 heterocycles. The molecule has 1 unspecified atom stereocenters. The number of aromatic nitrogens is 2. The number of hydrogen-bond donors (Lipinski definition) is 2. The van der Waals surface area contributed by atoms with Gasteiger partial charge in [0.05, 0.1) is 0 Å². The monoisotopic (exact) mass is 277 g/mol. The Morgan fingerprint density at radius 2 is 2.15 bits per heavy atom. The normalized spacial score (nSPS) is 18.9. The van der Waals surface area contributed by atoms with Crippen LogP contribution in [0.5, 0.6) is 0 Å². The van der Waals surface area contributed by atoms with E-state index in [0.29, 0.717) is 6.54 Å². The minimum absolute atomic E-state index is 0.0531. The van der Waals surface area contributed by atoms with E-state index in [4.69, 9.17) is 0 Å². The summed E-state index contributed by atoms with van der Waals surface area (Å²) >= 11 is 0. The maximum atomic E-state index is 11.8. The van der Waals surface area contributed by atoms with E-state index in [1.165, 1.54) is 0 Å². The lowest BCUT2D eigenvalue weighted by atomic mass is 10.1. The standard InChI is InChI=1S/C14H23N5O/c1-5-11-17-12(15-6-2)9(3)13(18-11)19-8-7-16-14(20)10(19)4/h10H,5-8H2,1-4H3,(H,16,20)(H,15,17,18). The summed E-state index contributed by atoms with van der Waals surface area (Å²) in [5.74, 6) is 2.60. The fourth-order valence-electron chi connectivity index (χ4n) is 2.40. The molecule has 0 aliphatic carbocycles. The van der Waals surface area contributed by atoms with Gasteiger partial charge in [0.25, 0.3) is 0 Å². The van der Waals surface area contributed by atoms with E-state index < -0.39 is 0 Å². The largest absolute Gasteiger partial charge is 0.370 e. The maximum absolute atomic E-state index is 11.8. The molecule has 20 heavy (non-hydrogen) atoms. The predicted molar refractivity (Wildman–Crippen MR) is 80.1 cm³/mol. The van der Waals surface area contributed by atoms with Crippen LogP contribution in [0.1, 0.15) is 32.2 Å². The van der Waals surface area contributed by atoms with E-state index in [0.717, 1.165) is 42.5 Å². The van der Waals surface area contributed by atoms with Crippen molar-refractivity contribution in [1.29, 1.82) is 0 Å². The van der Waals surface area contributed by atoms with Crippen molar-refractivity contribution in [1.82, 2.24) is 15.3 Å². The maximum Gasteiger partial charge on any atom is 0.242 e. The molecule has 6 nitrogen and oxygen atoms in total. The fourth-order valence-corrected chi connectivity index (χ4v) is 2.40. The van der Waals surface area contributed by atoms with Gasteiger partial charge in [0.1, 0.15) is 23.5 Å². The highest BCUT2D eigenvalue weighted by molar-refractivity contribution is 5.86. The van der Waals surface area contributed by atoms with E-state index in [9.17, 15) is 4.79 Å². The highest BCUT2D eigenvalue weighted by Gasteiger charge is 2.28. The van der Waals surface area contributed by atoms with Gasteiger partial charge in [-0.2, -0.15) is 0 Å². The van der Waals surface area contributed by atoms with Gasteiger partial charge >= 0.3 is 0 Å². The minimum Gasteiger partial charge on any atom is -0.370 e. The van der Waals surface area contributed by atoms with Crippen LogP contribution in [0, 0.1) is 6.92 Å². The lowest BCUT2D eigenvalue weighted by Crippen LogP contribution is -2.54. The first-order valence-electron chi connectivity index (χ1n) is 7.24. The number of hydrogen-bond acceptors (Lipinski definition) is 5. The third kappa shape index (κ3) is 2.69. The topological polar surface area (TPSA) is 70.2 Å². The molecule has 2 rings (SSSR count). The zero-order valence-electron chi connectivity index (χ0n) is 12.7. The quantitative estimate of drug-likeness (QED) is 0.862. The molecule has 0 saturated carbocycles. The van der Waals surface area contributed by atoms with Crippen molar-refractivity contribution in [3.63, 3.8) is 0 Å². The first-order chi connectivity index (χ1) is 9.58. The molecule has 0 spiro atoms. The highest BCUT2D eigenvalue weighted by Crippen LogP contribution is 2.26. The summed E-state index contributed by atoms with van der Waals surface area (Å²) in [6.07, 6.45) is 0.778. The lowest BCUT2D eigenvalue weighted by molar-refractivity contribution is -0.122. The van der Waals surface area contributed by atoms with Gasteiger partial charge in [-0.3, -0.25) is 4.79 Å². The Morgan fingerprint density at radius 3 is 2.80 bits per heavy atom. The second kappa shape index (κ2) is 6.07. The summed E-state index contributed by atoms with van der Waals surface area (Å²) in [6.45, 7) is 10.3. The van der Waals surface area contributed by atoms with Crippen molar-refractivity contribution in [2.75, 3.05) is 29.9 Å². The van der Waals surface area contributed by atoms with Gasteiger partial charge in [-0.15, -0.1) is 0 Å². The Morgan fingerprint density at radius 1 is 1.40 bits per heavy atom. The van der Waals surface area contributed by atoms with E-state index >= 15 is 0 Å². The second-order valence-corrected chi connectivity index (χ2v) is 4.98. The van der Waals surface area contributed by atoms with E-state index in [1.807, 2.05) is 27.7 Å². The summed E-state index contributed by atoms with van der Waals surface area (Å²) < 4.78 is 0. The number of carbonyl (C=O) groups excluding carboxylic acids is 1. The molecule has 2 N–H and O–H groups in total. The Kier molecular flexibility index (Phi) is 4.42. The lowest BCUT2D eigenvalue weighted by Gasteiger charge is -2.35. The van der Waals surface area contributed by atoms with Crippen molar-refractivity contribution in [3.05, 3.63) is 11.4 Å². The number of amides is 1. The van der Waals surface area contributed by atoms with Crippen LogP contribution < -0.4 is 15.5 Å². The summed E-state index contributed by atoms with van der Waals surface area (Å²) in [5.41, 5.74) is 1.01. The van der Waals surface area contributed by atoms with Crippen LogP contribution >= 0.6 is 0 Å². The number of piperazine rings is 1. The second-order valence-electron chi connectivity index (χ2n) is 4.98. The van der Waals surface area contributed by atoms with Crippen molar-refractivity contribution < 1.29 is 4.79 Å². The molecule has 1 aromatic heterocycles. The van der Waals surface area contributed by atoms with Gasteiger partial charge in [0.2, 0.25) is 5.91 Å².